The molecule has 0 aliphatic rings. The third-order valence-corrected chi connectivity index (χ3v) is 2.37. The molecule has 13 heavy (non-hydrogen) atoms. The summed E-state index contributed by atoms with van der Waals surface area (Å²) in [5.74, 6) is -0.0299. The molecule has 0 N–H and O–H groups in total. The van der Waals surface area contributed by atoms with Crippen molar-refractivity contribution < 1.29 is 9.21 Å². The fourth-order valence-corrected chi connectivity index (χ4v) is 1.70. The molecule has 4 heteroatoms. The summed E-state index contributed by atoms with van der Waals surface area (Å²) in [5, 5.41) is 0. The minimum atomic E-state index is -0.0299. The lowest BCUT2D eigenvalue weighted by molar-refractivity contribution is 0.101. The zero-order chi connectivity index (χ0) is 9.42. The third-order valence-electron chi connectivity index (χ3n) is 1.77. The second-order valence-corrected chi connectivity index (χ2v) is 3.44. The number of aromatic nitrogens is 1. The largest absolute Gasteiger partial charge is 0.463 e. The van der Waals surface area contributed by atoms with Crippen LogP contribution >= 0.6 is 15.9 Å². The molecular weight excluding hydrogens is 234 g/mol. The minimum Gasteiger partial charge on any atom is -0.463 e. The summed E-state index contributed by atoms with van der Waals surface area (Å²) < 4.78 is 5.69. The quantitative estimate of drug-likeness (QED) is 0.568. The van der Waals surface area contributed by atoms with Crippen LogP contribution in [0.1, 0.15) is 17.3 Å². The zero-order valence-electron chi connectivity index (χ0n) is 6.87. The molecule has 0 bridgehead atoms. The molecule has 0 aromatic carbocycles. The summed E-state index contributed by atoms with van der Waals surface area (Å²) in [6.45, 7) is 1.50. The van der Waals surface area contributed by atoms with E-state index in [4.69, 9.17) is 4.42 Å². The van der Waals surface area contributed by atoms with E-state index in [1.54, 1.807) is 18.4 Å². The van der Waals surface area contributed by atoms with Crippen LogP contribution in [0.25, 0.3) is 11.1 Å². The smallest absolute Gasteiger partial charge is 0.162 e. The van der Waals surface area contributed by atoms with Gasteiger partial charge in [0.1, 0.15) is 10.1 Å². The molecule has 0 aliphatic heterocycles. The molecule has 0 aliphatic carbocycles. The lowest BCUT2D eigenvalue weighted by Crippen LogP contribution is -1.95. The molecule has 0 unspecified atom stereocenters. The van der Waals surface area contributed by atoms with Crippen LogP contribution in [0.2, 0.25) is 0 Å². The molecule has 0 atom stereocenters. The number of halogens is 1. The van der Waals surface area contributed by atoms with Gasteiger partial charge in [0, 0.05) is 6.07 Å². The van der Waals surface area contributed by atoms with Crippen molar-refractivity contribution >= 4 is 32.8 Å². The van der Waals surface area contributed by atoms with Gasteiger partial charge in [-0.25, -0.2) is 4.98 Å². The number of furan rings is 1. The van der Waals surface area contributed by atoms with Crippen LogP contribution in [0.4, 0.5) is 0 Å². The lowest BCUT2D eigenvalue weighted by Gasteiger charge is -1.97. The Labute approximate surface area is 82.9 Å². The van der Waals surface area contributed by atoms with E-state index in [0.717, 1.165) is 5.52 Å². The second kappa shape index (κ2) is 2.96. The van der Waals surface area contributed by atoms with E-state index < -0.39 is 0 Å². The Morgan fingerprint density at radius 2 is 2.38 bits per heavy atom. The van der Waals surface area contributed by atoms with E-state index in [1.807, 2.05) is 0 Å². The molecule has 3 nitrogen and oxygen atoms in total. The Morgan fingerprint density at radius 1 is 1.62 bits per heavy atom. The van der Waals surface area contributed by atoms with Crippen molar-refractivity contribution in [1.29, 1.82) is 0 Å². The van der Waals surface area contributed by atoms with Crippen LogP contribution in [-0.4, -0.2) is 10.8 Å². The number of rotatable bonds is 1. The fraction of sp³-hybridized carbons (Fsp3) is 0.111. The van der Waals surface area contributed by atoms with Crippen molar-refractivity contribution in [3.05, 3.63) is 28.6 Å². The molecule has 0 saturated heterocycles. The predicted molar refractivity (Wildman–Crippen MR) is 51.7 cm³/mol. The second-order valence-electron chi connectivity index (χ2n) is 2.69. The molecule has 0 radical (unpaired) electrons. The third kappa shape index (κ3) is 1.37. The van der Waals surface area contributed by atoms with E-state index in [0.29, 0.717) is 15.7 Å². The Morgan fingerprint density at radius 3 is 3.08 bits per heavy atom. The Kier molecular flexibility index (Phi) is 1.92. The molecular formula is C9H6BrNO2. The first-order chi connectivity index (χ1) is 6.18. The minimum absolute atomic E-state index is 0.0299. The van der Waals surface area contributed by atoms with Gasteiger partial charge in [-0.05, 0) is 28.9 Å². The van der Waals surface area contributed by atoms with E-state index in [1.165, 1.54) is 6.92 Å². The van der Waals surface area contributed by atoms with Crippen LogP contribution in [0, 0.1) is 0 Å². The van der Waals surface area contributed by atoms with Gasteiger partial charge in [0.2, 0.25) is 0 Å². The summed E-state index contributed by atoms with van der Waals surface area (Å²) in [5.41, 5.74) is 1.92. The highest BCUT2D eigenvalue weighted by atomic mass is 79.9. The van der Waals surface area contributed by atoms with Crippen molar-refractivity contribution in [2.75, 3.05) is 0 Å². The molecule has 0 spiro atoms. The first-order valence-electron chi connectivity index (χ1n) is 3.73. The van der Waals surface area contributed by atoms with Gasteiger partial charge >= 0.3 is 0 Å². The van der Waals surface area contributed by atoms with Crippen molar-refractivity contribution in [3.8, 4) is 0 Å². The topological polar surface area (TPSA) is 43.1 Å². The van der Waals surface area contributed by atoms with E-state index >= 15 is 0 Å². The van der Waals surface area contributed by atoms with Gasteiger partial charge < -0.3 is 4.42 Å². The maximum absolute atomic E-state index is 11.1. The number of pyridine rings is 1. The van der Waals surface area contributed by atoms with Gasteiger partial charge in [-0.2, -0.15) is 0 Å². The maximum Gasteiger partial charge on any atom is 0.162 e. The van der Waals surface area contributed by atoms with Gasteiger partial charge in [-0.3, -0.25) is 4.79 Å². The average Bonchev–Trinajstić information content (AvgIpc) is 2.48. The van der Waals surface area contributed by atoms with Crippen molar-refractivity contribution in [2.45, 2.75) is 6.92 Å². The Hall–Kier alpha value is -1.16. The molecule has 2 rings (SSSR count). The number of fused-ring (bicyclic) bond motifs is 1. The summed E-state index contributed by atoms with van der Waals surface area (Å²) in [7, 11) is 0. The lowest BCUT2D eigenvalue weighted by atomic mass is 10.2. The van der Waals surface area contributed by atoms with Gasteiger partial charge in [0.05, 0.1) is 11.8 Å². The number of ketones is 1. The first kappa shape index (κ1) is 8.44. The molecule has 66 valence electrons. The average molecular weight is 240 g/mol. The highest BCUT2D eigenvalue weighted by molar-refractivity contribution is 9.10. The normalized spacial score (nSPS) is 10.6. The number of Topliss-reactive ketones (excluding diaryl/α,β-unsaturated/α-hetero) is 1. The van der Waals surface area contributed by atoms with Gasteiger partial charge in [0.25, 0.3) is 0 Å². The van der Waals surface area contributed by atoms with Crippen LogP contribution in [0.5, 0.6) is 0 Å². The van der Waals surface area contributed by atoms with E-state index in [2.05, 4.69) is 20.9 Å². The monoisotopic (exact) mass is 239 g/mol. The summed E-state index contributed by atoms with van der Waals surface area (Å²) in [4.78, 5) is 15.3. The number of hydrogen-bond donors (Lipinski definition) is 0. The molecule has 2 aromatic rings. The van der Waals surface area contributed by atoms with Gasteiger partial charge in [0.15, 0.2) is 11.4 Å². The highest BCUT2D eigenvalue weighted by Gasteiger charge is 2.09. The van der Waals surface area contributed by atoms with Crippen LogP contribution in [0.3, 0.4) is 0 Å². The molecule has 2 heterocycles. The van der Waals surface area contributed by atoms with Crippen molar-refractivity contribution in [1.82, 2.24) is 4.98 Å². The predicted octanol–water partition coefficient (Wildman–Crippen LogP) is 2.79. The summed E-state index contributed by atoms with van der Waals surface area (Å²) in [6.07, 6.45) is 1.55. The SMILES string of the molecule is CC(=O)c1cc2occc2nc1Br. The van der Waals surface area contributed by atoms with E-state index in [9.17, 15) is 4.79 Å². The Balaban J connectivity index is 2.76. The first-order valence-corrected chi connectivity index (χ1v) is 4.52. The van der Waals surface area contributed by atoms with Crippen LogP contribution in [0.15, 0.2) is 27.4 Å². The summed E-state index contributed by atoms with van der Waals surface area (Å²) in [6, 6.07) is 3.44. The maximum atomic E-state index is 11.1. The summed E-state index contributed by atoms with van der Waals surface area (Å²) >= 11 is 3.23. The molecule has 2 aromatic heterocycles. The van der Waals surface area contributed by atoms with Crippen molar-refractivity contribution in [2.24, 2.45) is 0 Å². The number of hydrogen-bond acceptors (Lipinski definition) is 3. The number of nitrogens with zero attached hydrogens (tertiary/aromatic N) is 1. The van der Waals surface area contributed by atoms with E-state index in [-0.39, 0.29) is 5.78 Å². The number of carbonyl (C=O) groups is 1. The van der Waals surface area contributed by atoms with Crippen LogP contribution in [-0.2, 0) is 0 Å². The zero-order valence-corrected chi connectivity index (χ0v) is 8.46. The number of carbonyl (C=O) groups excluding carboxylic acids is 1. The van der Waals surface area contributed by atoms with Gasteiger partial charge in [-0.15, -0.1) is 0 Å². The van der Waals surface area contributed by atoms with Crippen LogP contribution < -0.4 is 0 Å². The van der Waals surface area contributed by atoms with Gasteiger partial charge in [-0.1, -0.05) is 0 Å². The highest BCUT2D eigenvalue weighted by Crippen LogP contribution is 2.21. The molecule has 0 amide bonds. The molecule has 0 fully saturated rings. The standard InChI is InChI=1S/C9H6BrNO2/c1-5(12)6-4-8-7(2-3-13-8)11-9(6)10/h2-4H,1H3. The Bertz CT molecular complexity index is 475. The van der Waals surface area contributed by atoms with Crippen molar-refractivity contribution in [3.63, 3.8) is 0 Å². The molecule has 0 saturated carbocycles. The fourth-order valence-electron chi connectivity index (χ4n) is 1.12.